The highest BCUT2D eigenvalue weighted by molar-refractivity contribution is 7.99. The van der Waals surface area contributed by atoms with E-state index in [4.69, 9.17) is 11.6 Å². The highest BCUT2D eigenvalue weighted by Crippen LogP contribution is 2.28. The van der Waals surface area contributed by atoms with Crippen molar-refractivity contribution in [2.45, 2.75) is 61.6 Å². The molecule has 2 heterocycles. The van der Waals surface area contributed by atoms with Gasteiger partial charge in [0.05, 0.1) is 24.7 Å². The molecule has 0 spiro atoms. The van der Waals surface area contributed by atoms with E-state index in [0.29, 0.717) is 5.15 Å². The lowest BCUT2D eigenvalue weighted by atomic mass is 9.87. The van der Waals surface area contributed by atoms with Gasteiger partial charge in [-0.05, 0) is 24.5 Å². The minimum absolute atomic E-state index is 0. The van der Waals surface area contributed by atoms with Gasteiger partial charge in [-0.2, -0.15) is 0 Å². The molecule has 1 aromatic rings. The first-order chi connectivity index (χ1) is 10.8. The molecule has 130 valence electrons. The van der Waals surface area contributed by atoms with Crippen molar-refractivity contribution in [2.24, 2.45) is 5.92 Å². The summed E-state index contributed by atoms with van der Waals surface area (Å²) >= 11 is 7.89. The van der Waals surface area contributed by atoms with Crippen molar-refractivity contribution in [1.29, 1.82) is 0 Å². The predicted octanol–water partition coefficient (Wildman–Crippen LogP) is 0.849. The van der Waals surface area contributed by atoms with E-state index < -0.39 is 0 Å². The molecule has 0 radical (unpaired) electrons. The van der Waals surface area contributed by atoms with Crippen molar-refractivity contribution in [2.75, 3.05) is 19.6 Å². The Morgan fingerprint density at radius 2 is 1.83 bits per heavy atom. The van der Waals surface area contributed by atoms with Crippen molar-refractivity contribution in [3.8, 4) is 0 Å². The number of rotatable bonds is 5. The zero-order chi connectivity index (χ0) is 15.2. The molecule has 1 aromatic heterocycles. The second kappa shape index (κ2) is 10.1. The first kappa shape index (κ1) is 19.4. The number of piperidine rings is 1. The predicted molar refractivity (Wildman–Crippen MR) is 94.9 cm³/mol. The summed E-state index contributed by atoms with van der Waals surface area (Å²) in [6, 6.07) is 5.94. The number of halogens is 2. The Bertz CT molecular complexity index is 458. The summed E-state index contributed by atoms with van der Waals surface area (Å²) in [6.07, 6.45) is 11.5. The van der Waals surface area contributed by atoms with Gasteiger partial charge in [-0.3, -0.25) is 0 Å². The number of nitrogens with one attached hydrogen (secondary N) is 1. The van der Waals surface area contributed by atoms with E-state index in [0.717, 1.165) is 16.2 Å². The van der Waals surface area contributed by atoms with Gasteiger partial charge in [-0.25, -0.2) is 4.98 Å². The molecule has 2 nitrogen and oxygen atoms in total. The van der Waals surface area contributed by atoms with E-state index in [1.54, 1.807) is 0 Å². The van der Waals surface area contributed by atoms with Gasteiger partial charge in [-0.1, -0.05) is 49.8 Å². The fourth-order valence-corrected chi connectivity index (χ4v) is 5.21. The first-order valence-electron chi connectivity index (χ1n) is 8.92. The van der Waals surface area contributed by atoms with Crippen molar-refractivity contribution < 1.29 is 17.3 Å². The fraction of sp³-hybridized carbons (Fsp3) is 0.722. The molecule has 2 aliphatic rings. The van der Waals surface area contributed by atoms with Gasteiger partial charge in [-0.15, -0.1) is 11.8 Å². The minimum atomic E-state index is 0. The maximum atomic E-state index is 5.97. The number of aromatic nitrogens is 1. The lowest BCUT2D eigenvalue weighted by Gasteiger charge is -2.30. The molecule has 2 fully saturated rings. The number of hydrogen-bond acceptors (Lipinski definition) is 2. The van der Waals surface area contributed by atoms with Crippen LogP contribution in [0.2, 0.25) is 5.15 Å². The van der Waals surface area contributed by atoms with Crippen LogP contribution in [0, 0.1) is 5.92 Å². The second-order valence-electron chi connectivity index (χ2n) is 6.91. The number of nitrogens with zero attached hydrogens (tertiary/aromatic N) is 1. The number of pyridine rings is 1. The summed E-state index contributed by atoms with van der Waals surface area (Å²) in [7, 11) is 0. The molecule has 3 rings (SSSR count). The number of likely N-dealkylation sites (tertiary alicyclic amines) is 1. The van der Waals surface area contributed by atoms with Crippen LogP contribution in [0.15, 0.2) is 23.2 Å². The van der Waals surface area contributed by atoms with Gasteiger partial charge in [0.2, 0.25) is 0 Å². The lowest BCUT2D eigenvalue weighted by Crippen LogP contribution is -3.13. The summed E-state index contributed by atoms with van der Waals surface area (Å²) in [5.74, 6) is 1.03. The van der Waals surface area contributed by atoms with Gasteiger partial charge in [0.15, 0.2) is 0 Å². The zero-order valence-corrected chi connectivity index (χ0v) is 16.1. The topological polar surface area (TPSA) is 17.3 Å². The summed E-state index contributed by atoms with van der Waals surface area (Å²) in [4.78, 5) is 6.24. The Kier molecular flexibility index (Phi) is 8.53. The monoisotopic (exact) mass is 374 g/mol. The largest absolute Gasteiger partial charge is 1.00 e. The average Bonchev–Trinajstić information content (AvgIpc) is 2.55. The van der Waals surface area contributed by atoms with Crippen LogP contribution in [0.25, 0.3) is 0 Å². The highest BCUT2D eigenvalue weighted by Gasteiger charge is 2.24. The summed E-state index contributed by atoms with van der Waals surface area (Å²) in [6.45, 7) is 4.08. The molecule has 1 aliphatic heterocycles. The Morgan fingerprint density at radius 1 is 1.09 bits per heavy atom. The number of thioether (sulfide) groups is 1. The SMILES string of the molecule is Clc1cccc(SC2CC[NH+](CCC3CCCCC3)CC2)n1.[Cl-]. The van der Waals surface area contributed by atoms with Gasteiger partial charge in [0, 0.05) is 18.1 Å². The molecule has 5 heteroatoms. The molecule has 23 heavy (non-hydrogen) atoms. The van der Waals surface area contributed by atoms with E-state index in [1.807, 2.05) is 28.8 Å². The van der Waals surface area contributed by atoms with Gasteiger partial charge in [0.1, 0.15) is 5.15 Å². The average molecular weight is 375 g/mol. The van der Waals surface area contributed by atoms with E-state index in [1.165, 1.54) is 71.0 Å². The zero-order valence-electron chi connectivity index (χ0n) is 13.8. The third-order valence-electron chi connectivity index (χ3n) is 5.25. The van der Waals surface area contributed by atoms with Crippen LogP contribution in [-0.4, -0.2) is 29.9 Å². The number of hydrogen-bond donors (Lipinski definition) is 1. The standard InChI is InChI=1S/C18H27ClN2S.ClH/c19-17-7-4-8-18(20-17)22-16-10-13-21(14-11-16)12-9-15-5-2-1-3-6-15;/h4,7-8,15-16H,1-3,5-6,9-14H2;1H. The molecule has 0 aromatic carbocycles. The van der Waals surface area contributed by atoms with E-state index in [2.05, 4.69) is 11.1 Å². The van der Waals surface area contributed by atoms with Crippen LogP contribution in [0.4, 0.5) is 0 Å². The molecule has 1 N–H and O–H groups in total. The molecule has 1 aliphatic carbocycles. The van der Waals surface area contributed by atoms with Crippen molar-refractivity contribution in [3.63, 3.8) is 0 Å². The van der Waals surface area contributed by atoms with Crippen LogP contribution < -0.4 is 17.3 Å². The quantitative estimate of drug-likeness (QED) is 0.769. The van der Waals surface area contributed by atoms with E-state index in [-0.39, 0.29) is 12.4 Å². The maximum absolute atomic E-state index is 5.97. The fourth-order valence-electron chi connectivity index (χ4n) is 3.88. The van der Waals surface area contributed by atoms with Gasteiger partial charge >= 0.3 is 0 Å². The molecule has 1 saturated heterocycles. The van der Waals surface area contributed by atoms with Crippen molar-refractivity contribution in [1.82, 2.24) is 4.98 Å². The van der Waals surface area contributed by atoms with Gasteiger partial charge in [0.25, 0.3) is 0 Å². The van der Waals surface area contributed by atoms with Crippen LogP contribution in [0.1, 0.15) is 51.4 Å². The third kappa shape index (κ3) is 6.45. The molecule has 1 saturated carbocycles. The Hall–Kier alpha value is 0.0400. The molecular formula is C18H28Cl2N2S. The minimum Gasteiger partial charge on any atom is -1.00 e. The smallest absolute Gasteiger partial charge is 0.130 e. The molecule has 0 bridgehead atoms. The Morgan fingerprint density at radius 3 is 2.52 bits per heavy atom. The summed E-state index contributed by atoms with van der Waals surface area (Å²) in [5, 5.41) is 2.42. The van der Waals surface area contributed by atoms with Gasteiger partial charge < -0.3 is 17.3 Å². The van der Waals surface area contributed by atoms with Crippen LogP contribution in [-0.2, 0) is 0 Å². The van der Waals surface area contributed by atoms with E-state index >= 15 is 0 Å². The van der Waals surface area contributed by atoms with Crippen LogP contribution >= 0.6 is 23.4 Å². The second-order valence-corrected chi connectivity index (χ2v) is 8.62. The van der Waals surface area contributed by atoms with Crippen LogP contribution in [0.3, 0.4) is 0 Å². The summed E-state index contributed by atoms with van der Waals surface area (Å²) < 4.78 is 0. The molecule has 0 atom stereocenters. The van der Waals surface area contributed by atoms with Crippen molar-refractivity contribution in [3.05, 3.63) is 23.4 Å². The molecule has 0 unspecified atom stereocenters. The van der Waals surface area contributed by atoms with Crippen molar-refractivity contribution >= 4 is 23.4 Å². The Labute approximate surface area is 156 Å². The summed E-state index contributed by atoms with van der Waals surface area (Å²) in [5.41, 5.74) is 0. The lowest BCUT2D eigenvalue weighted by molar-refractivity contribution is -0.905. The maximum Gasteiger partial charge on any atom is 0.130 e. The molecule has 0 amide bonds. The van der Waals surface area contributed by atoms with Crippen LogP contribution in [0.5, 0.6) is 0 Å². The number of quaternary nitrogens is 1. The molecular weight excluding hydrogens is 347 g/mol. The third-order valence-corrected chi connectivity index (χ3v) is 6.73. The highest BCUT2D eigenvalue weighted by atomic mass is 35.5. The van der Waals surface area contributed by atoms with E-state index in [9.17, 15) is 0 Å². The normalized spacial score (nSPS) is 25.8. The Balaban J connectivity index is 0.00000192. The first-order valence-corrected chi connectivity index (χ1v) is 10.2.